The summed E-state index contributed by atoms with van der Waals surface area (Å²) in [7, 11) is 0. The molecule has 0 atom stereocenters. The van der Waals surface area contributed by atoms with Gasteiger partial charge in [0.05, 0.1) is 0 Å². The molecule has 0 heterocycles. The number of rotatable bonds is 58. The highest BCUT2D eigenvalue weighted by atomic mass is 16.5. The second kappa shape index (κ2) is 67.2. The third-order valence-electron chi connectivity index (χ3n) is 14.1. The first-order valence-corrected chi connectivity index (χ1v) is 31.0. The average molecular weight is 906 g/mol. The summed E-state index contributed by atoms with van der Waals surface area (Å²) >= 11 is 0. The maximum atomic E-state index is 5.85. The van der Waals surface area contributed by atoms with Crippen molar-refractivity contribution in [2.75, 3.05) is 26.4 Å². The third-order valence-corrected chi connectivity index (χ3v) is 14.1. The second-order valence-corrected chi connectivity index (χ2v) is 20.9. The lowest BCUT2D eigenvalue weighted by Gasteiger charge is -2.05. The quantitative estimate of drug-likeness (QED) is 0.0566. The Balaban J connectivity index is 0. The zero-order valence-corrected chi connectivity index (χ0v) is 45.8. The molecule has 2 nitrogen and oxygen atoms in total. The monoisotopic (exact) mass is 905 g/mol. The Labute approximate surface area is 408 Å². The highest BCUT2D eigenvalue weighted by Gasteiger charge is 1.99. The Morgan fingerprint density at radius 1 is 0.125 bits per heavy atom. The van der Waals surface area contributed by atoms with Crippen molar-refractivity contribution in [1.82, 2.24) is 0 Å². The number of hydrogen-bond donors (Lipinski definition) is 0. The van der Waals surface area contributed by atoms with Crippen LogP contribution in [-0.2, 0) is 9.47 Å². The van der Waals surface area contributed by atoms with Gasteiger partial charge in [-0.25, -0.2) is 0 Å². The van der Waals surface area contributed by atoms with Crippen LogP contribution in [0.15, 0.2) is 0 Å². The summed E-state index contributed by atoms with van der Waals surface area (Å²) in [6.45, 7) is 13.2. The van der Waals surface area contributed by atoms with Gasteiger partial charge in [0.1, 0.15) is 0 Å². The molecule has 0 aliphatic carbocycles. The van der Waals surface area contributed by atoms with Crippen LogP contribution >= 0.6 is 0 Å². The Morgan fingerprint density at radius 2 is 0.219 bits per heavy atom. The van der Waals surface area contributed by atoms with E-state index in [0.717, 1.165) is 26.4 Å². The first-order valence-electron chi connectivity index (χ1n) is 31.0. The van der Waals surface area contributed by atoms with Gasteiger partial charge in [0.25, 0.3) is 0 Å². The second-order valence-electron chi connectivity index (χ2n) is 20.9. The molecule has 0 saturated carbocycles. The molecule has 0 fully saturated rings. The van der Waals surface area contributed by atoms with Crippen molar-refractivity contribution >= 4 is 0 Å². The van der Waals surface area contributed by atoms with Crippen LogP contribution in [0.4, 0.5) is 0 Å². The fourth-order valence-electron chi connectivity index (χ4n) is 9.45. The maximum Gasteiger partial charge on any atom is 0.0466 e. The largest absolute Gasteiger partial charge is 0.381 e. The molecule has 64 heavy (non-hydrogen) atoms. The van der Waals surface area contributed by atoms with E-state index in [4.69, 9.17) is 9.47 Å². The molecule has 0 spiro atoms. The predicted molar refractivity (Wildman–Crippen MR) is 294 cm³/mol. The van der Waals surface area contributed by atoms with Crippen LogP contribution in [0.1, 0.15) is 374 Å². The van der Waals surface area contributed by atoms with Gasteiger partial charge in [0, 0.05) is 26.4 Å². The third kappa shape index (κ3) is 68.5. The zero-order valence-electron chi connectivity index (χ0n) is 45.8. The summed E-state index contributed by atoms with van der Waals surface area (Å²) in [4.78, 5) is 0. The van der Waals surface area contributed by atoms with Crippen molar-refractivity contribution in [2.24, 2.45) is 0 Å². The number of ether oxygens (including phenoxy) is 2. The molecule has 0 saturated heterocycles. The predicted octanol–water partition coefficient (Wildman–Crippen LogP) is 23.2. The fourth-order valence-corrected chi connectivity index (χ4v) is 9.45. The van der Waals surface area contributed by atoms with Gasteiger partial charge in [-0.05, 0) is 25.7 Å². The fraction of sp³-hybridized carbons (Fsp3) is 1.00. The van der Waals surface area contributed by atoms with E-state index < -0.39 is 0 Å². The highest BCUT2D eigenvalue weighted by molar-refractivity contribution is 4.54. The van der Waals surface area contributed by atoms with Crippen molar-refractivity contribution < 1.29 is 9.47 Å². The Bertz CT molecular complexity index is 664. The van der Waals surface area contributed by atoms with Gasteiger partial charge in [-0.3, -0.25) is 0 Å². The highest BCUT2D eigenvalue weighted by Crippen LogP contribution is 2.17. The van der Waals surface area contributed by atoms with Crippen LogP contribution in [-0.4, -0.2) is 26.4 Å². The average Bonchev–Trinajstić information content (AvgIpc) is 3.31. The Morgan fingerprint density at radius 3 is 0.328 bits per heavy atom. The van der Waals surface area contributed by atoms with Gasteiger partial charge >= 0.3 is 0 Å². The zero-order chi connectivity index (χ0) is 46.4. The van der Waals surface area contributed by atoms with Gasteiger partial charge in [-0.15, -0.1) is 0 Å². The number of unbranched alkanes of at least 4 members (excludes halogenated alkanes) is 50. The summed E-state index contributed by atoms with van der Waals surface area (Å²) in [6, 6.07) is 0. The minimum atomic E-state index is 0.996. The molecule has 2 heteroatoms. The van der Waals surface area contributed by atoms with Crippen LogP contribution in [0.3, 0.4) is 0 Å². The summed E-state index contributed by atoms with van der Waals surface area (Å²) in [5.74, 6) is 0. The summed E-state index contributed by atoms with van der Waals surface area (Å²) in [6.07, 6.45) is 77.1. The lowest BCUT2D eigenvalue weighted by molar-refractivity contribution is 0.125. The Kier molecular flexibility index (Phi) is 69.3. The minimum Gasteiger partial charge on any atom is -0.381 e. The summed E-state index contributed by atoms with van der Waals surface area (Å²) < 4.78 is 11.7. The van der Waals surface area contributed by atoms with Crippen LogP contribution < -0.4 is 0 Å². The van der Waals surface area contributed by atoms with E-state index in [1.807, 2.05) is 0 Å². The molecule has 0 rings (SSSR count). The molecule has 0 aliphatic heterocycles. The topological polar surface area (TPSA) is 18.5 Å². The molecule has 0 N–H and O–H groups in total. The molecule has 0 aromatic carbocycles. The van der Waals surface area contributed by atoms with Gasteiger partial charge in [-0.1, -0.05) is 349 Å². The summed E-state index contributed by atoms with van der Waals surface area (Å²) in [5, 5.41) is 0. The normalized spacial score (nSPS) is 11.4. The van der Waals surface area contributed by atoms with Crippen molar-refractivity contribution in [2.45, 2.75) is 374 Å². The van der Waals surface area contributed by atoms with Crippen molar-refractivity contribution in [3.05, 3.63) is 0 Å². The van der Waals surface area contributed by atoms with Crippen LogP contribution in [0, 0.1) is 0 Å². The lowest BCUT2D eigenvalue weighted by atomic mass is 10.0. The van der Waals surface area contributed by atoms with E-state index in [1.165, 1.54) is 347 Å². The molecule has 0 radical (unpaired) electrons. The van der Waals surface area contributed by atoms with E-state index in [9.17, 15) is 0 Å². The molecule has 388 valence electrons. The molecular weight excluding hydrogens is 777 g/mol. The van der Waals surface area contributed by atoms with Gasteiger partial charge in [0.2, 0.25) is 0 Å². The Hall–Kier alpha value is -0.0800. The van der Waals surface area contributed by atoms with Gasteiger partial charge < -0.3 is 9.47 Å². The lowest BCUT2D eigenvalue weighted by Crippen LogP contribution is -1.97. The van der Waals surface area contributed by atoms with E-state index in [1.54, 1.807) is 0 Å². The molecule has 0 unspecified atom stereocenters. The van der Waals surface area contributed by atoms with Gasteiger partial charge in [0.15, 0.2) is 0 Å². The SMILES string of the molecule is CCCCCCCCCCCCCCCCOCCCCCCCCCCCCCCCC.CCCCCCCCCCCCCCCOCCCCCCCCCCCCCCC. The van der Waals surface area contributed by atoms with Crippen LogP contribution in [0.2, 0.25) is 0 Å². The molecule has 0 aromatic rings. The van der Waals surface area contributed by atoms with Gasteiger partial charge in [-0.2, -0.15) is 0 Å². The first-order chi connectivity index (χ1) is 31.8. The van der Waals surface area contributed by atoms with Crippen molar-refractivity contribution in [1.29, 1.82) is 0 Å². The molecule has 0 amide bonds. The molecule has 0 aliphatic rings. The van der Waals surface area contributed by atoms with Crippen molar-refractivity contribution in [3.63, 3.8) is 0 Å². The first kappa shape index (κ1) is 66.0. The summed E-state index contributed by atoms with van der Waals surface area (Å²) in [5.41, 5.74) is 0. The van der Waals surface area contributed by atoms with E-state index in [0.29, 0.717) is 0 Å². The molecule has 0 bridgehead atoms. The minimum absolute atomic E-state index is 0.996. The van der Waals surface area contributed by atoms with Crippen LogP contribution in [0.25, 0.3) is 0 Å². The van der Waals surface area contributed by atoms with E-state index in [2.05, 4.69) is 27.7 Å². The number of hydrogen-bond acceptors (Lipinski definition) is 2. The molecule has 0 aromatic heterocycles. The maximum absolute atomic E-state index is 5.85. The smallest absolute Gasteiger partial charge is 0.0466 e. The molecular formula is C62H128O2. The standard InChI is InChI=1S/C32H66O.C30H62O/c1-3-5-7-9-11-13-15-17-19-21-23-25-27-29-31-33-32-30-28-26-24-22-20-18-16-14-12-10-8-6-4-2;1-3-5-7-9-11-13-15-17-19-21-23-25-27-29-31-30-28-26-24-22-20-18-16-14-12-10-8-6-4-2/h3-32H2,1-2H3;3-30H2,1-2H3. The van der Waals surface area contributed by atoms with Crippen LogP contribution in [0.5, 0.6) is 0 Å². The van der Waals surface area contributed by atoms with E-state index in [-0.39, 0.29) is 0 Å². The van der Waals surface area contributed by atoms with Crippen molar-refractivity contribution in [3.8, 4) is 0 Å². The van der Waals surface area contributed by atoms with E-state index >= 15 is 0 Å².